The molecule has 1 heterocycles. The van der Waals surface area contributed by atoms with Crippen LogP contribution in [0.1, 0.15) is 43.0 Å². The first-order chi connectivity index (χ1) is 11.3. The molecule has 3 rings (SSSR count). The van der Waals surface area contributed by atoms with Gasteiger partial charge in [0.05, 0.1) is 17.6 Å². The van der Waals surface area contributed by atoms with E-state index in [1.807, 2.05) is 26.4 Å². The maximum absolute atomic E-state index is 13.6. The Morgan fingerprint density at radius 2 is 1.83 bits per heavy atom. The van der Waals surface area contributed by atoms with E-state index in [1.54, 1.807) is 12.1 Å². The number of aliphatic imine (C=N–C) groups is 1. The molecular formula is C21H25FN2. The third kappa shape index (κ3) is 2.72. The van der Waals surface area contributed by atoms with Crippen LogP contribution in [0.15, 0.2) is 41.4 Å². The van der Waals surface area contributed by atoms with Gasteiger partial charge in [-0.25, -0.2) is 9.38 Å². The van der Waals surface area contributed by atoms with Crippen LogP contribution in [-0.2, 0) is 12.0 Å². The van der Waals surface area contributed by atoms with Crippen LogP contribution in [-0.4, -0.2) is 18.3 Å². The molecule has 2 nitrogen and oxygen atoms in total. The smallest absolute Gasteiger partial charge is 0.123 e. The minimum Gasteiger partial charge on any atom is -0.352 e. The molecule has 126 valence electrons. The molecule has 0 saturated carbocycles. The molecule has 0 N–H and O–H groups in total. The number of hydrogen-bond donors (Lipinski definition) is 0. The third-order valence-corrected chi connectivity index (χ3v) is 5.02. The number of hydrogen-bond acceptors (Lipinski definition) is 2. The van der Waals surface area contributed by atoms with Crippen molar-refractivity contribution in [3.63, 3.8) is 0 Å². The van der Waals surface area contributed by atoms with Crippen LogP contribution >= 0.6 is 0 Å². The van der Waals surface area contributed by atoms with E-state index in [4.69, 9.17) is 0 Å². The van der Waals surface area contributed by atoms with Crippen molar-refractivity contribution in [1.29, 1.82) is 0 Å². The summed E-state index contributed by atoms with van der Waals surface area (Å²) in [5, 5.41) is 0. The topological polar surface area (TPSA) is 15.6 Å². The van der Waals surface area contributed by atoms with Gasteiger partial charge in [0.15, 0.2) is 0 Å². The summed E-state index contributed by atoms with van der Waals surface area (Å²) in [5.41, 5.74) is 5.19. The van der Waals surface area contributed by atoms with E-state index < -0.39 is 0 Å². The van der Waals surface area contributed by atoms with Crippen LogP contribution < -0.4 is 0 Å². The maximum atomic E-state index is 13.6. The molecule has 0 amide bonds. The van der Waals surface area contributed by atoms with Gasteiger partial charge in [-0.2, -0.15) is 0 Å². The molecule has 1 atom stereocenters. The zero-order valence-corrected chi connectivity index (χ0v) is 15.1. The lowest BCUT2D eigenvalue weighted by atomic mass is 9.79. The molecule has 0 aliphatic carbocycles. The highest BCUT2D eigenvalue weighted by molar-refractivity contribution is 5.72. The lowest BCUT2D eigenvalue weighted by Gasteiger charge is -2.42. The molecule has 24 heavy (non-hydrogen) atoms. The van der Waals surface area contributed by atoms with Gasteiger partial charge in [-0.15, -0.1) is 0 Å². The lowest BCUT2D eigenvalue weighted by Crippen LogP contribution is -2.43. The number of aryl methyl sites for hydroxylation is 1. The van der Waals surface area contributed by atoms with Crippen LogP contribution in [0.5, 0.6) is 0 Å². The third-order valence-electron chi connectivity index (χ3n) is 5.02. The molecule has 1 aliphatic heterocycles. The Morgan fingerprint density at radius 3 is 2.50 bits per heavy atom. The van der Waals surface area contributed by atoms with E-state index in [9.17, 15) is 4.39 Å². The van der Waals surface area contributed by atoms with Gasteiger partial charge in [-0.05, 0) is 61.1 Å². The Labute approximate surface area is 144 Å². The first-order valence-corrected chi connectivity index (χ1v) is 8.49. The Kier molecular flexibility index (Phi) is 4.20. The van der Waals surface area contributed by atoms with E-state index in [1.165, 1.54) is 5.56 Å². The zero-order valence-electron chi connectivity index (χ0n) is 15.1. The highest BCUT2D eigenvalue weighted by atomic mass is 19.1. The van der Waals surface area contributed by atoms with Gasteiger partial charge in [-0.3, -0.25) is 0 Å². The standard InChI is InChI=1S/C21H25FN2/c1-14(2)10-16-6-8-19-20(12-16)23-13-24(5)21(19,4)18-9-7-17(22)11-15(18)3/h6-9,11-14H,10H2,1-5H3. The van der Waals surface area contributed by atoms with Gasteiger partial charge in [0.2, 0.25) is 0 Å². The van der Waals surface area contributed by atoms with Gasteiger partial charge >= 0.3 is 0 Å². The number of nitrogens with zero attached hydrogens (tertiary/aromatic N) is 2. The Balaban J connectivity index is 2.14. The van der Waals surface area contributed by atoms with E-state index in [-0.39, 0.29) is 11.4 Å². The predicted molar refractivity (Wildman–Crippen MR) is 98.5 cm³/mol. The summed E-state index contributed by atoms with van der Waals surface area (Å²) in [5.74, 6) is 0.420. The first kappa shape index (κ1) is 16.7. The van der Waals surface area contributed by atoms with Gasteiger partial charge in [0.1, 0.15) is 5.82 Å². The van der Waals surface area contributed by atoms with Crippen molar-refractivity contribution < 1.29 is 4.39 Å². The number of fused-ring (bicyclic) bond motifs is 1. The molecule has 3 heteroatoms. The molecule has 0 fully saturated rings. The molecule has 0 saturated heterocycles. The highest BCUT2D eigenvalue weighted by Gasteiger charge is 2.37. The molecule has 0 spiro atoms. The second kappa shape index (κ2) is 6.04. The summed E-state index contributed by atoms with van der Waals surface area (Å²) in [6.45, 7) is 8.60. The van der Waals surface area contributed by atoms with Crippen molar-refractivity contribution in [2.24, 2.45) is 10.9 Å². The maximum Gasteiger partial charge on any atom is 0.123 e. The second-order valence-corrected chi connectivity index (χ2v) is 7.34. The summed E-state index contributed by atoms with van der Waals surface area (Å²) in [6, 6.07) is 11.6. The van der Waals surface area contributed by atoms with Crippen molar-refractivity contribution in [2.75, 3.05) is 7.05 Å². The fourth-order valence-corrected chi connectivity index (χ4v) is 3.66. The molecule has 0 bridgehead atoms. The molecule has 2 aromatic carbocycles. The van der Waals surface area contributed by atoms with Gasteiger partial charge in [0, 0.05) is 12.6 Å². The van der Waals surface area contributed by atoms with Crippen molar-refractivity contribution in [3.8, 4) is 0 Å². The second-order valence-electron chi connectivity index (χ2n) is 7.34. The van der Waals surface area contributed by atoms with Crippen LogP contribution in [0.2, 0.25) is 0 Å². The summed E-state index contributed by atoms with van der Waals surface area (Å²) >= 11 is 0. The van der Waals surface area contributed by atoms with E-state index in [2.05, 4.69) is 48.9 Å². The fourth-order valence-electron chi connectivity index (χ4n) is 3.66. The zero-order chi connectivity index (χ0) is 17.5. The summed E-state index contributed by atoms with van der Waals surface area (Å²) in [7, 11) is 2.03. The summed E-state index contributed by atoms with van der Waals surface area (Å²) in [6.07, 6.45) is 2.93. The molecule has 0 radical (unpaired) electrons. The quantitative estimate of drug-likeness (QED) is 0.757. The molecule has 0 aromatic heterocycles. The predicted octanol–water partition coefficient (Wildman–Crippen LogP) is 5.20. The van der Waals surface area contributed by atoms with E-state index in [0.29, 0.717) is 5.92 Å². The SMILES string of the molecule is Cc1cc(F)ccc1C1(C)c2ccc(CC(C)C)cc2N=CN1C. The number of halogens is 1. The van der Waals surface area contributed by atoms with Gasteiger partial charge in [-0.1, -0.05) is 32.0 Å². The minimum atomic E-state index is -0.356. The van der Waals surface area contributed by atoms with Crippen molar-refractivity contribution in [2.45, 2.75) is 39.7 Å². The highest BCUT2D eigenvalue weighted by Crippen LogP contribution is 2.43. The van der Waals surface area contributed by atoms with Crippen LogP contribution in [0.4, 0.5) is 10.1 Å². The molecule has 2 aromatic rings. The van der Waals surface area contributed by atoms with E-state index >= 15 is 0 Å². The Bertz CT molecular complexity index is 794. The number of benzene rings is 2. The Hall–Kier alpha value is -2.16. The molecule has 1 aliphatic rings. The summed E-state index contributed by atoms with van der Waals surface area (Å²) < 4.78 is 13.6. The van der Waals surface area contributed by atoms with E-state index in [0.717, 1.165) is 28.8 Å². The number of rotatable bonds is 3. The first-order valence-electron chi connectivity index (χ1n) is 8.49. The average molecular weight is 324 g/mol. The monoisotopic (exact) mass is 324 g/mol. The molecule has 1 unspecified atom stereocenters. The van der Waals surface area contributed by atoms with Crippen molar-refractivity contribution in [1.82, 2.24) is 4.90 Å². The average Bonchev–Trinajstić information content (AvgIpc) is 2.50. The Morgan fingerprint density at radius 1 is 1.12 bits per heavy atom. The normalized spacial score (nSPS) is 19.7. The van der Waals surface area contributed by atoms with Crippen molar-refractivity contribution >= 4 is 12.0 Å². The lowest BCUT2D eigenvalue weighted by molar-refractivity contribution is 0.290. The molecular weight excluding hydrogens is 299 g/mol. The van der Waals surface area contributed by atoms with Gasteiger partial charge in [0.25, 0.3) is 0 Å². The van der Waals surface area contributed by atoms with Gasteiger partial charge < -0.3 is 4.90 Å². The van der Waals surface area contributed by atoms with Crippen LogP contribution in [0.25, 0.3) is 0 Å². The fraction of sp³-hybridized carbons (Fsp3) is 0.381. The largest absolute Gasteiger partial charge is 0.352 e. The minimum absolute atomic E-state index is 0.195. The van der Waals surface area contributed by atoms with Crippen LogP contribution in [0.3, 0.4) is 0 Å². The van der Waals surface area contributed by atoms with Crippen molar-refractivity contribution in [3.05, 3.63) is 64.5 Å². The van der Waals surface area contributed by atoms with Crippen LogP contribution in [0, 0.1) is 18.7 Å². The summed E-state index contributed by atoms with van der Waals surface area (Å²) in [4.78, 5) is 6.75.